The number of rotatable bonds is 5. The van der Waals surface area contributed by atoms with Crippen LogP contribution in [0.25, 0.3) is 6.08 Å². The number of carbonyl (C=O) groups is 1. The third kappa shape index (κ3) is 3.39. The van der Waals surface area contributed by atoms with Gasteiger partial charge in [0.25, 0.3) is 0 Å². The molecule has 5 heteroatoms. The summed E-state index contributed by atoms with van der Waals surface area (Å²) in [6.07, 6.45) is 3.08. The Labute approximate surface area is 121 Å². The van der Waals surface area contributed by atoms with E-state index in [1.807, 2.05) is 17.5 Å². The number of methoxy groups -OCH3 is 2. The smallest absolute Gasteiger partial charge is 0.336 e. The summed E-state index contributed by atoms with van der Waals surface area (Å²) in [6, 6.07) is 9.00. The minimum absolute atomic E-state index is 0.276. The Hall–Kier alpha value is -2.27. The highest BCUT2D eigenvalue weighted by atomic mass is 32.1. The minimum Gasteiger partial charge on any atom is -0.493 e. The molecule has 0 radical (unpaired) electrons. The lowest BCUT2D eigenvalue weighted by molar-refractivity contribution is -0.129. The summed E-state index contributed by atoms with van der Waals surface area (Å²) in [6.45, 7) is 0. The SMILES string of the molecule is COc1cccc(OC)c1OC(=O)/C=C/c1cccs1. The van der Waals surface area contributed by atoms with Crippen LogP contribution in [0, 0.1) is 0 Å². The predicted octanol–water partition coefficient (Wildman–Crippen LogP) is 3.38. The number of ether oxygens (including phenoxy) is 3. The van der Waals surface area contributed by atoms with Crippen LogP contribution in [-0.4, -0.2) is 20.2 Å². The molecule has 0 saturated carbocycles. The molecular weight excluding hydrogens is 276 g/mol. The van der Waals surface area contributed by atoms with Crippen molar-refractivity contribution in [2.45, 2.75) is 0 Å². The Morgan fingerprint density at radius 3 is 2.35 bits per heavy atom. The fraction of sp³-hybridized carbons (Fsp3) is 0.133. The van der Waals surface area contributed by atoms with Crippen molar-refractivity contribution in [3.63, 3.8) is 0 Å². The van der Waals surface area contributed by atoms with Gasteiger partial charge in [-0.25, -0.2) is 4.79 Å². The molecule has 0 spiro atoms. The first-order valence-electron chi connectivity index (χ1n) is 5.89. The van der Waals surface area contributed by atoms with E-state index in [4.69, 9.17) is 14.2 Å². The normalized spacial score (nSPS) is 10.5. The van der Waals surface area contributed by atoms with Crippen molar-refractivity contribution in [1.82, 2.24) is 0 Å². The third-order valence-corrected chi connectivity index (χ3v) is 3.35. The van der Waals surface area contributed by atoms with Gasteiger partial charge in [0.05, 0.1) is 14.2 Å². The van der Waals surface area contributed by atoms with Crippen molar-refractivity contribution >= 4 is 23.4 Å². The van der Waals surface area contributed by atoms with E-state index in [0.29, 0.717) is 11.5 Å². The van der Waals surface area contributed by atoms with Gasteiger partial charge in [-0.15, -0.1) is 11.3 Å². The number of carbonyl (C=O) groups excluding carboxylic acids is 1. The van der Waals surface area contributed by atoms with E-state index in [1.165, 1.54) is 20.3 Å². The highest BCUT2D eigenvalue weighted by Crippen LogP contribution is 2.36. The monoisotopic (exact) mass is 290 g/mol. The highest BCUT2D eigenvalue weighted by Gasteiger charge is 2.13. The molecule has 0 aliphatic carbocycles. The van der Waals surface area contributed by atoms with Gasteiger partial charge in [0.2, 0.25) is 5.75 Å². The molecule has 0 N–H and O–H groups in total. The number of thiophene rings is 1. The topological polar surface area (TPSA) is 44.8 Å². The van der Waals surface area contributed by atoms with Gasteiger partial charge in [0.15, 0.2) is 11.5 Å². The van der Waals surface area contributed by atoms with Gasteiger partial charge >= 0.3 is 5.97 Å². The summed E-state index contributed by atoms with van der Waals surface area (Å²) >= 11 is 1.54. The van der Waals surface area contributed by atoms with Crippen LogP contribution in [0.5, 0.6) is 17.2 Å². The van der Waals surface area contributed by atoms with Crippen LogP contribution in [0.2, 0.25) is 0 Å². The molecule has 2 aromatic rings. The summed E-state index contributed by atoms with van der Waals surface area (Å²) in [4.78, 5) is 12.8. The summed E-state index contributed by atoms with van der Waals surface area (Å²) in [5.41, 5.74) is 0. The fourth-order valence-electron chi connectivity index (χ4n) is 1.59. The maximum atomic E-state index is 11.8. The zero-order valence-electron chi connectivity index (χ0n) is 11.2. The maximum absolute atomic E-state index is 11.8. The minimum atomic E-state index is -0.485. The molecule has 0 bridgehead atoms. The Balaban J connectivity index is 2.15. The van der Waals surface area contributed by atoms with Gasteiger partial charge in [-0.05, 0) is 29.7 Å². The Kier molecular flexibility index (Phi) is 4.79. The van der Waals surface area contributed by atoms with Crippen LogP contribution in [0.4, 0.5) is 0 Å². The lowest BCUT2D eigenvalue weighted by Gasteiger charge is -2.11. The average molecular weight is 290 g/mol. The van der Waals surface area contributed by atoms with E-state index >= 15 is 0 Å². The molecule has 0 atom stereocenters. The van der Waals surface area contributed by atoms with Crippen molar-refractivity contribution in [2.24, 2.45) is 0 Å². The van der Waals surface area contributed by atoms with Gasteiger partial charge in [0, 0.05) is 11.0 Å². The van der Waals surface area contributed by atoms with Crippen LogP contribution in [0.1, 0.15) is 4.88 Å². The predicted molar refractivity (Wildman–Crippen MR) is 78.5 cm³/mol. The highest BCUT2D eigenvalue weighted by molar-refractivity contribution is 7.10. The fourth-order valence-corrected chi connectivity index (χ4v) is 2.21. The number of benzene rings is 1. The van der Waals surface area contributed by atoms with E-state index in [0.717, 1.165) is 4.88 Å². The van der Waals surface area contributed by atoms with Crippen LogP contribution < -0.4 is 14.2 Å². The second kappa shape index (κ2) is 6.77. The van der Waals surface area contributed by atoms with Crippen LogP contribution in [0.3, 0.4) is 0 Å². The molecule has 1 heterocycles. The summed E-state index contributed by atoms with van der Waals surface area (Å²) in [7, 11) is 3.02. The van der Waals surface area contributed by atoms with Crippen LogP contribution in [-0.2, 0) is 4.79 Å². The van der Waals surface area contributed by atoms with Gasteiger partial charge in [-0.1, -0.05) is 12.1 Å². The average Bonchev–Trinajstić information content (AvgIpc) is 2.98. The summed E-state index contributed by atoms with van der Waals surface area (Å²) < 4.78 is 15.6. The second-order valence-electron chi connectivity index (χ2n) is 3.76. The van der Waals surface area contributed by atoms with E-state index in [1.54, 1.807) is 35.6 Å². The van der Waals surface area contributed by atoms with E-state index in [9.17, 15) is 4.79 Å². The van der Waals surface area contributed by atoms with E-state index < -0.39 is 5.97 Å². The summed E-state index contributed by atoms with van der Waals surface area (Å²) in [5.74, 6) is 0.684. The van der Waals surface area contributed by atoms with Crippen molar-refractivity contribution in [3.05, 3.63) is 46.7 Å². The second-order valence-corrected chi connectivity index (χ2v) is 4.74. The Morgan fingerprint density at radius 1 is 1.10 bits per heavy atom. The van der Waals surface area contributed by atoms with Crippen LogP contribution in [0.15, 0.2) is 41.8 Å². The van der Waals surface area contributed by atoms with Gasteiger partial charge in [0.1, 0.15) is 0 Å². The quantitative estimate of drug-likeness (QED) is 0.481. The van der Waals surface area contributed by atoms with Crippen LogP contribution >= 0.6 is 11.3 Å². The first-order valence-corrected chi connectivity index (χ1v) is 6.77. The zero-order valence-corrected chi connectivity index (χ0v) is 12.0. The molecule has 0 unspecified atom stereocenters. The van der Waals surface area contributed by atoms with Gasteiger partial charge < -0.3 is 14.2 Å². The largest absolute Gasteiger partial charge is 0.493 e. The maximum Gasteiger partial charge on any atom is 0.336 e. The van der Waals surface area contributed by atoms with E-state index in [2.05, 4.69) is 0 Å². The molecule has 20 heavy (non-hydrogen) atoms. The molecule has 0 amide bonds. The molecule has 0 fully saturated rings. The lowest BCUT2D eigenvalue weighted by Crippen LogP contribution is -2.06. The molecule has 0 aliphatic heterocycles. The number of para-hydroxylation sites is 1. The van der Waals surface area contributed by atoms with Crippen molar-refractivity contribution in [2.75, 3.05) is 14.2 Å². The molecule has 2 rings (SSSR count). The number of hydrogen-bond acceptors (Lipinski definition) is 5. The van der Waals surface area contributed by atoms with Crippen molar-refractivity contribution in [1.29, 1.82) is 0 Å². The lowest BCUT2D eigenvalue weighted by atomic mass is 10.3. The third-order valence-electron chi connectivity index (χ3n) is 2.51. The van der Waals surface area contributed by atoms with Crippen molar-refractivity contribution < 1.29 is 19.0 Å². The standard InChI is InChI=1S/C15H14O4S/c1-17-12-6-3-7-13(18-2)15(12)19-14(16)9-8-11-5-4-10-20-11/h3-10H,1-2H3/b9-8+. The molecule has 1 aromatic carbocycles. The summed E-state index contributed by atoms with van der Waals surface area (Å²) in [5, 5.41) is 1.94. The molecule has 0 saturated heterocycles. The number of hydrogen-bond donors (Lipinski definition) is 0. The molecule has 104 valence electrons. The van der Waals surface area contributed by atoms with E-state index in [-0.39, 0.29) is 5.75 Å². The van der Waals surface area contributed by atoms with Gasteiger partial charge in [-0.2, -0.15) is 0 Å². The Bertz CT molecular complexity index is 580. The molecule has 0 aliphatic rings. The number of esters is 1. The van der Waals surface area contributed by atoms with Gasteiger partial charge in [-0.3, -0.25) is 0 Å². The Morgan fingerprint density at radius 2 is 1.80 bits per heavy atom. The molecule has 4 nitrogen and oxygen atoms in total. The first-order chi connectivity index (χ1) is 9.74. The zero-order chi connectivity index (χ0) is 14.4. The molecular formula is C15H14O4S. The van der Waals surface area contributed by atoms with Crippen molar-refractivity contribution in [3.8, 4) is 17.2 Å². The molecule has 1 aromatic heterocycles. The first kappa shape index (κ1) is 14.1.